The summed E-state index contributed by atoms with van der Waals surface area (Å²) in [4.78, 5) is 22.1. The smallest absolute Gasteiger partial charge is 0.326 e. The number of aliphatic carboxylic acids is 2. The van der Waals surface area contributed by atoms with Crippen LogP contribution in [0.2, 0.25) is 0 Å². The van der Waals surface area contributed by atoms with Crippen molar-refractivity contribution in [3.63, 3.8) is 0 Å². The van der Waals surface area contributed by atoms with Gasteiger partial charge in [0, 0.05) is 0 Å². The van der Waals surface area contributed by atoms with Crippen molar-refractivity contribution in [1.82, 2.24) is 5.32 Å². The van der Waals surface area contributed by atoms with Crippen LogP contribution >= 0.6 is 0 Å². The van der Waals surface area contributed by atoms with Gasteiger partial charge in [-0.1, -0.05) is 38.1 Å². The first-order valence-corrected chi connectivity index (χ1v) is 6.73. The normalized spacial score (nSPS) is 26.0. The highest BCUT2D eigenvalue weighted by Gasteiger charge is 2.62. The SMILES string of the molecule is CCC(C)c1ccc(C2NC2(CC(=O)O)C(=O)O)cc1. The van der Waals surface area contributed by atoms with E-state index in [2.05, 4.69) is 19.2 Å². The minimum absolute atomic E-state index is 0.417. The van der Waals surface area contributed by atoms with Gasteiger partial charge in [-0.15, -0.1) is 0 Å². The molecule has 1 aliphatic heterocycles. The average molecular weight is 277 g/mol. The van der Waals surface area contributed by atoms with Gasteiger partial charge in [0.15, 0.2) is 0 Å². The Morgan fingerprint density at radius 2 is 1.90 bits per heavy atom. The largest absolute Gasteiger partial charge is 0.481 e. The van der Waals surface area contributed by atoms with E-state index in [-0.39, 0.29) is 0 Å². The lowest BCUT2D eigenvalue weighted by Gasteiger charge is -2.10. The van der Waals surface area contributed by atoms with Gasteiger partial charge in [-0.2, -0.15) is 0 Å². The number of carboxylic acids is 2. The molecule has 1 saturated heterocycles. The Bertz CT molecular complexity index is 525. The predicted octanol–water partition coefficient (Wildman–Crippen LogP) is 2.14. The van der Waals surface area contributed by atoms with E-state index in [1.165, 1.54) is 5.56 Å². The lowest BCUT2D eigenvalue weighted by molar-refractivity contribution is -0.146. The first-order valence-electron chi connectivity index (χ1n) is 6.73. The molecule has 1 fully saturated rings. The lowest BCUT2D eigenvalue weighted by atomic mass is 9.93. The van der Waals surface area contributed by atoms with Crippen molar-refractivity contribution in [2.24, 2.45) is 0 Å². The molecule has 1 heterocycles. The molecule has 5 heteroatoms. The number of hydrogen-bond acceptors (Lipinski definition) is 3. The molecule has 3 unspecified atom stereocenters. The molecule has 20 heavy (non-hydrogen) atoms. The van der Waals surface area contributed by atoms with Crippen molar-refractivity contribution < 1.29 is 19.8 Å². The van der Waals surface area contributed by atoms with Gasteiger partial charge < -0.3 is 10.2 Å². The minimum Gasteiger partial charge on any atom is -0.481 e. The van der Waals surface area contributed by atoms with E-state index < -0.39 is 29.9 Å². The van der Waals surface area contributed by atoms with Gasteiger partial charge in [-0.05, 0) is 23.5 Å². The van der Waals surface area contributed by atoms with E-state index in [4.69, 9.17) is 5.11 Å². The number of benzene rings is 1. The maximum atomic E-state index is 11.3. The third kappa shape index (κ3) is 2.54. The summed E-state index contributed by atoms with van der Waals surface area (Å²) < 4.78 is 0. The van der Waals surface area contributed by atoms with Crippen LogP contribution in [0.1, 0.15) is 49.8 Å². The summed E-state index contributed by atoms with van der Waals surface area (Å²) >= 11 is 0. The molecule has 108 valence electrons. The minimum atomic E-state index is -1.36. The molecule has 3 atom stereocenters. The number of carboxylic acid groups (broad SMARTS) is 2. The van der Waals surface area contributed by atoms with E-state index in [9.17, 15) is 14.7 Å². The predicted molar refractivity (Wildman–Crippen MR) is 73.6 cm³/mol. The Balaban J connectivity index is 2.17. The van der Waals surface area contributed by atoms with E-state index in [1.54, 1.807) is 0 Å². The lowest BCUT2D eigenvalue weighted by Crippen LogP contribution is -2.31. The third-order valence-corrected chi connectivity index (χ3v) is 4.07. The first kappa shape index (κ1) is 14.5. The molecule has 0 radical (unpaired) electrons. The van der Waals surface area contributed by atoms with Crippen molar-refractivity contribution in [2.45, 2.75) is 44.2 Å². The van der Waals surface area contributed by atoms with Crippen LogP contribution in [0.3, 0.4) is 0 Å². The molecule has 0 bridgehead atoms. The zero-order valence-electron chi connectivity index (χ0n) is 11.6. The van der Waals surface area contributed by atoms with Gasteiger partial charge >= 0.3 is 11.9 Å². The molecule has 0 spiro atoms. The Hall–Kier alpha value is -1.88. The highest BCUT2D eigenvalue weighted by Crippen LogP contribution is 2.43. The van der Waals surface area contributed by atoms with Crippen molar-refractivity contribution in [1.29, 1.82) is 0 Å². The van der Waals surface area contributed by atoms with Crippen molar-refractivity contribution in [2.75, 3.05) is 0 Å². The molecule has 0 aliphatic carbocycles. The quantitative estimate of drug-likeness (QED) is 0.692. The monoisotopic (exact) mass is 277 g/mol. The topological polar surface area (TPSA) is 96.5 Å². The molecular weight excluding hydrogens is 258 g/mol. The number of rotatable bonds is 6. The van der Waals surface area contributed by atoms with Gasteiger partial charge in [0.2, 0.25) is 0 Å². The Labute approximate surface area is 117 Å². The fourth-order valence-corrected chi connectivity index (χ4v) is 2.49. The van der Waals surface area contributed by atoms with Crippen LogP contribution in [0.25, 0.3) is 0 Å². The molecule has 5 nitrogen and oxygen atoms in total. The molecule has 2 rings (SSSR count). The standard InChI is InChI=1S/C15H19NO4/c1-3-9(2)10-4-6-11(7-5-10)13-15(16-13,14(19)20)8-12(17)18/h4-7,9,13,16H,3,8H2,1-2H3,(H,17,18)(H,19,20). The van der Waals surface area contributed by atoms with Crippen molar-refractivity contribution >= 4 is 11.9 Å². The van der Waals surface area contributed by atoms with Gasteiger partial charge in [0.25, 0.3) is 0 Å². The highest BCUT2D eigenvalue weighted by molar-refractivity contribution is 5.90. The zero-order valence-corrected chi connectivity index (χ0v) is 11.6. The van der Waals surface area contributed by atoms with Gasteiger partial charge in [-0.3, -0.25) is 14.9 Å². The third-order valence-electron chi connectivity index (χ3n) is 4.07. The van der Waals surface area contributed by atoms with Crippen LogP contribution < -0.4 is 5.32 Å². The highest BCUT2D eigenvalue weighted by atomic mass is 16.4. The molecule has 1 aliphatic rings. The fourth-order valence-electron chi connectivity index (χ4n) is 2.49. The maximum Gasteiger partial charge on any atom is 0.326 e. The summed E-state index contributed by atoms with van der Waals surface area (Å²) in [6.45, 7) is 4.25. The Morgan fingerprint density at radius 3 is 2.35 bits per heavy atom. The summed E-state index contributed by atoms with van der Waals surface area (Å²) in [5, 5.41) is 20.9. The van der Waals surface area contributed by atoms with Crippen LogP contribution in [-0.4, -0.2) is 27.7 Å². The molecule has 0 amide bonds. The van der Waals surface area contributed by atoms with E-state index in [1.807, 2.05) is 24.3 Å². The average Bonchev–Trinajstić information content (AvgIpc) is 3.13. The molecule has 0 saturated carbocycles. The molecular formula is C15H19NO4. The maximum absolute atomic E-state index is 11.3. The van der Waals surface area contributed by atoms with Gasteiger partial charge in [0.05, 0.1) is 12.5 Å². The molecule has 0 aromatic heterocycles. The molecule has 3 N–H and O–H groups in total. The molecule has 1 aromatic rings. The van der Waals surface area contributed by atoms with Crippen LogP contribution in [0.4, 0.5) is 0 Å². The fraction of sp³-hybridized carbons (Fsp3) is 0.467. The van der Waals surface area contributed by atoms with Crippen molar-refractivity contribution in [3.8, 4) is 0 Å². The number of hydrogen-bond donors (Lipinski definition) is 3. The summed E-state index contributed by atoms with van der Waals surface area (Å²) in [5.41, 5.74) is 0.667. The number of nitrogens with one attached hydrogen (secondary N) is 1. The summed E-state index contributed by atoms with van der Waals surface area (Å²) in [6, 6.07) is 7.30. The van der Waals surface area contributed by atoms with E-state index in [0.717, 1.165) is 12.0 Å². The van der Waals surface area contributed by atoms with Gasteiger partial charge in [-0.25, -0.2) is 0 Å². The van der Waals surface area contributed by atoms with Crippen LogP contribution in [0, 0.1) is 0 Å². The van der Waals surface area contributed by atoms with Crippen LogP contribution in [-0.2, 0) is 9.59 Å². The summed E-state index contributed by atoms with van der Waals surface area (Å²) in [7, 11) is 0. The second kappa shape index (κ2) is 5.25. The summed E-state index contributed by atoms with van der Waals surface area (Å²) in [5.74, 6) is -1.77. The Morgan fingerprint density at radius 1 is 1.30 bits per heavy atom. The Kier molecular flexibility index (Phi) is 3.81. The summed E-state index contributed by atoms with van der Waals surface area (Å²) in [6.07, 6.45) is 0.624. The van der Waals surface area contributed by atoms with E-state index in [0.29, 0.717) is 5.92 Å². The number of carbonyl (C=O) groups is 2. The second-order valence-corrected chi connectivity index (χ2v) is 5.40. The van der Waals surface area contributed by atoms with Crippen LogP contribution in [0.5, 0.6) is 0 Å². The van der Waals surface area contributed by atoms with E-state index >= 15 is 0 Å². The molecule has 1 aromatic carbocycles. The second-order valence-electron chi connectivity index (χ2n) is 5.40. The van der Waals surface area contributed by atoms with Crippen molar-refractivity contribution in [3.05, 3.63) is 35.4 Å². The zero-order chi connectivity index (χ0) is 14.9. The van der Waals surface area contributed by atoms with Crippen LogP contribution in [0.15, 0.2) is 24.3 Å². The van der Waals surface area contributed by atoms with Gasteiger partial charge in [0.1, 0.15) is 5.54 Å². The first-order chi connectivity index (χ1) is 9.40.